The molecule has 32 heavy (non-hydrogen) atoms. The molecule has 3 unspecified atom stereocenters. The number of fused-ring (bicyclic) bond motifs is 2. The van der Waals surface area contributed by atoms with Crippen molar-refractivity contribution in [1.29, 1.82) is 0 Å². The number of benzene rings is 1. The summed E-state index contributed by atoms with van der Waals surface area (Å²) in [5, 5.41) is 16.3. The number of nitrogens with one attached hydrogen (secondary N) is 2. The topological polar surface area (TPSA) is 95.5 Å². The molecular weight excluding hydrogens is 424 g/mol. The van der Waals surface area contributed by atoms with E-state index in [0.717, 1.165) is 55.4 Å². The first-order valence-electron chi connectivity index (χ1n) is 11.6. The van der Waals surface area contributed by atoms with Crippen LogP contribution in [0.5, 0.6) is 0 Å². The number of hydrogen-bond donors (Lipinski definition) is 3. The Hall–Kier alpha value is -2.67. The van der Waals surface area contributed by atoms with Gasteiger partial charge in [-0.3, -0.25) is 14.4 Å². The van der Waals surface area contributed by atoms with Gasteiger partial charge in [-0.1, -0.05) is 37.1 Å². The van der Waals surface area contributed by atoms with Crippen molar-refractivity contribution >= 4 is 34.1 Å². The van der Waals surface area contributed by atoms with Crippen LogP contribution < -0.4 is 10.6 Å². The minimum atomic E-state index is -0.906. The van der Waals surface area contributed by atoms with E-state index in [1.807, 2.05) is 12.1 Å². The number of thiophene rings is 1. The molecule has 5 rings (SSSR count). The maximum absolute atomic E-state index is 13.4. The van der Waals surface area contributed by atoms with E-state index in [1.54, 1.807) is 0 Å². The molecule has 7 heteroatoms. The monoisotopic (exact) mass is 452 g/mol. The molecule has 3 N–H and O–H groups in total. The Bertz CT molecular complexity index is 1080. The van der Waals surface area contributed by atoms with Crippen LogP contribution in [0.25, 0.3) is 0 Å². The van der Waals surface area contributed by atoms with E-state index in [9.17, 15) is 19.5 Å². The van der Waals surface area contributed by atoms with Gasteiger partial charge in [-0.2, -0.15) is 0 Å². The summed E-state index contributed by atoms with van der Waals surface area (Å²) in [4.78, 5) is 39.4. The number of aryl methyl sites for hydroxylation is 2. The normalized spacial score (nSPS) is 23.9. The molecular formula is C25H28N2O4S. The first-order chi connectivity index (χ1) is 15.5. The van der Waals surface area contributed by atoms with E-state index < -0.39 is 17.8 Å². The first kappa shape index (κ1) is 21.2. The maximum Gasteiger partial charge on any atom is 0.307 e. The Balaban J connectivity index is 1.38. The molecule has 2 amide bonds. The van der Waals surface area contributed by atoms with Crippen LogP contribution in [0.2, 0.25) is 0 Å². The van der Waals surface area contributed by atoms with Crippen molar-refractivity contribution in [2.24, 2.45) is 11.8 Å². The number of carbonyl (C=O) groups is 3. The Morgan fingerprint density at radius 3 is 2.53 bits per heavy atom. The van der Waals surface area contributed by atoms with Crippen molar-refractivity contribution in [2.75, 3.05) is 5.32 Å². The summed E-state index contributed by atoms with van der Waals surface area (Å²) in [6.45, 7) is 0. The van der Waals surface area contributed by atoms with Gasteiger partial charge in [0.15, 0.2) is 0 Å². The SMILES string of the molecule is O=C(NC1CCc2ccccc21)c1c(NC(=O)C2CCCCC2C(=O)O)sc2c1CCC2. The molecule has 2 aromatic rings. The van der Waals surface area contributed by atoms with Gasteiger partial charge in [-0.25, -0.2) is 0 Å². The minimum Gasteiger partial charge on any atom is -0.481 e. The summed E-state index contributed by atoms with van der Waals surface area (Å²) in [7, 11) is 0. The molecule has 0 aliphatic heterocycles. The highest BCUT2D eigenvalue weighted by Gasteiger charge is 2.37. The molecule has 168 valence electrons. The summed E-state index contributed by atoms with van der Waals surface area (Å²) in [5.41, 5.74) is 4.08. The van der Waals surface area contributed by atoms with Gasteiger partial charge < -0.3 is 15.7 Å². The lowest BCUT2D eigenvalue weighted by Crippen LogP contribution is -2.36. The van der Waals surface area contributed by atoms with E-state index in [0.29, 0.717) is 23.4 Å². The molecule has 0 bridgehead atoms. The standard InChI is InChI=1S/C25H28N2O4S/c28-22(16-8-3-4-9-17(16)25(30)31)27-24-21(18-10-5-11-20(18)32-24)23(29)26-19-13-12-14-6-1-2-7-15(14)19/h1-2,6-7,16-17,19H,3-5,8-13H2,(H,26,29)(H,27,28)(H,30,31). The zero-order valence-electron chi connectivity index (χ0n) is 18.0. The fourth-order valence-corrected chi connectivity index (χ4v) is 6.90. The van der Waals surface area contributed by atoms with Gasteiger partial charge in [-0.15, -0.1) is 11.3 Å². The van der Waals surface area contributed by atoms with Crippen molar-refractivity contribution in [3.8, 4) is 0 Å². The highest BCUT2D eigenvalue weighted by molar-refractivity contribution is 7.17. The van der Waals surface area contributed by atoms with Gasteiger partial charge >= 0.3 is 5.97 Å². The van der Waals surface area contributed by atoms with E-state index in [-0.39, 0.29) is 17.9 Å². The van der Waals surface area contributed by atoms with Gasteiger partial charge in [0.25, 0.3) is 5.91 Å². The van der Waals surface area contributed by atoms with Crippen LogP contribution in [0.4, 0.5) is 5.00 Å². The van der Waals surface area contributed by atoms with Crippen LogP contribution in [0, 0.1) is 11.8 Å². The summed E-state index contributed by atoms with van der Waals surface area (Å²) < 4.78 is 0. The third kappa shape index (κ3) is 3.83. The lowest BCUT2D eigenvalue weighted by Gasteiger charge is -2.27. The van der Waals surface area contributed by atoms with Crippen molar-refractivity contribution in [2.45, 2.75) is 63.8 Å². The maximum atomic E-state index is 13.4. The number of amides is 2. The van der Waals surface area contributed by atoms with E-state index >= 15 is 0 Å². The fraction of sp³-hybridized carbons (Fsp3) is 0.480. The number of hydrogen-bond acceptors (Lipinski definition) is 4. The van der Waals surface area contributed by atoms with Gasteiger partial charge in [0.2, 0.25) is 5.91 Å². The summed E-state index contributed by atoms with van der Waals surface area (Å²) in [6.07, 6.45) is 7.41. The molecule has 1 aromatic carbocycles. The van der Waals surface area contributed by atoms with E-state index in [1.165, 1.54) is 22.5 Å². The van der Waals surface area contributed by atoms with E-state index in [2.05, 4.69) is 22.8 Å². The number of carbonyl (C=O) groups excluding carboxylic acids is 2. The Morgan fingerprint density at radius 1 is 0.938 bits per heavy atom. The minimum absolute atomic E-state index is 0.0195. The van der Waals surface area contributed by atoms with Gasteiger partial charge in [-0.05, 0) is 61.6 Å². The molecule has 0 radical (unpaired) electrons. The molecule has 0 saturated heterocycles. The quantitative estimate of drug-likeness (QED) is 0.623. The number of carboxylic acids is 1. The molecule has 3 atom stereocenters. The van der Waals surface area contributed by atoms with Crippen LogP contribution in [0.1, 0.15) is 76.5 Å². The molecule has 3 aliphatic carbocycles. The summed E-state index contributed by atoms with van der Waals surface area (Å²) >= 11 is 1.48. The second-order valence-corrected chi connectivity index (χ2v) is 10.3. The zero-order valence-corrected chi connectivity index (χ0v) is 18.8. The first-order valence-corrected chi connectivity index (χ1v) is 12.4. The summed E-state index contributed by atoms with van der Waals surface area (Å²) in [6, 6.07) is 8.19. The molecule has 3 aliphatic rings. The average molecular weight is 453 g/mol. The smallest absolute Gasteiger partial charge is 0.307 e. The summed E-state index contributed by atoms with van der Waals surface area (Å²) in [5.74, 6) is -2.51. The number of rotatable bonds is 5. The van der Waals surface area contributed by atoms with Crippen molar-refractivity contribution in [1.82, 2.24) is 5.32 Å². The number of aliphatic carboxylic acids is 1. The fourth-order valence-electron chi connectivity index (χ4n) is 5.61. The average Bonchev–Trinajstić information content (AvgIpc) is 3.48. The van der Waals surface area contributed by atoms with Crippen LogP contribution in [-0.2, 0) is 28.9 Å². The third-order valence-corrected chi connectivity index (χ3v) is 8.45. The predicted octanol–water partition coefficient (Wildman–Crippen LogP) is 4.48. The van der Waals surface area contributed by atoms with Gasteiger partial charge in [0.05, 0.1) is 23.4 Å². The number of anilines is 1. The molecule has 0 spiro atoms. The number of carboxylic acid groups (broad SMARTS) is 1. The van der Waals surface area contributed by atoms with Crippen molar-refractivity contribution in [3.63, 3.8) is 0 Å². The van der Waals surface area contributed by atoms with Crippen LogP contribution in [0.15, 0.2) is 24.3 Å². The third-order valence-electron chi connectivity index (χ3n) is 7.24. The van der Waals surface area contributed by atoms with Gasteiger partial charge in [0.1, 0.15) is 5.00 Å². The molecule has 6 nitrogen and oxygen atoms in total. The van der Waals surface area contributed by atoms with E-state index in [4.69, 9.17) is 0 Å². The lowest BCUT2D eigenvalue weighted by molar-refractivity contribution is -0.147. The Labute approximate surface area is 191 Å². The Kier molecular flexibility index (Phi) is 5.76. The zero-order chi connectivity index (χ0) is 22.2. The molecule has 1 saturated carbocycles. The van der Waals surface area contributed by atoms with Crippen molar-refractivity contribution < 1.29 is 19.5 Å². The molecule has 1 heterocycles. The highest BCUT2D eigenvalue weighted by Crippen LogP contribution is 2.41. The molecule has 1 aromatic heterocycles. The van der Waals surface area contributed by atoms with Gasteiger partial charge in [0, 0.05) is 4.88 Å². The largest absolute Gasteiger partial charge is 0.481 e. The Morgan fingerprint density at radius 2 is 1.72 bits per heavy atom. The van der Waals surface area contributed by atoms with Crippen molar-refractivity contribution in [3.05, 3.63) is 51.4 Å². The highest BCUT2D eigenvalue weighted by atomic mass is 32.1. The molecule has 1 fully saturated rings. The van der Waals surface area contributed by atoms with Crippen LogP contribution >= 0.6 is 11.3 Å². The van der Waals surface area contributed by atoms with Crippen LogP contribution in [-0.4, -0.2) is 22.9 Å². The van der Waals surface area contributed by atoms with Crippen LogP contribution in [0.3, 0.4) is 0 Å². The lowest BCUT2D eigenvalue weighted by atomic mass is 9.79. The second kappa shape index (κ2) is 8.70. The second-order valence-electron chi connectivity index (χ2n) is 9.15. The predicted molar refractivity (Wildman–Crippen MR) is 123 cm³/mol.